The first-order valence-electron chi connectivity index (χ1n) is 9.84. The maximum atomic E-state index is 13.8. The molecule has 5 rings (SSSR count). The zero-order valence-electron chi connectivity index (χ0n) is 16.6. The number of anilines is 1. The van der Waals surface area contributed by atoms with Crippen molar-refractivity contribution in [2.45, 2.75) is 25.1 Å². The summed E-state index contributed by atoms with van der Waals surface area (Å²) in [6, 6.07) is 20.7. The average Bonchev–Trinajstić information content (AvgIpc) is 2.75. The number of fused-ring (bicyclic) bond motifs is 4. The van der Waals surface area contributed by atoms with Gasteiger partial charge in [0.05, 0.1) is 6.04 Å². The molecule has 0 saturated carbocycles. The Morgan fingerprint density at radius 2 is 1.74 bits per heavy atom. The highest BCUT2D eigenvalue weighted by molar-refractivity contribution is 9.10. The van der Waals surface area contributed by atoms with Gasteiger partial charge >= 0.3 is 6.03 Å². The van der Waals surface area contributed by atoms with Crippen LogP contribution in [0.15, 0.2) is 77.3 Å². The molecule has 31 heavy (non-hydrogen) atoms. The number of amides is 3. The summed E-state index contributed by atoms with van der Waals surface area (Å²) in [7, 11) is 0. The van der Waals surface area contributed by atoms with Crippen LogP contribution in [0.5, 0.6) is 5.75 Å². The minimum atomic E-state index is -0.944. The molecule has 2 aliphatic rings. The van der Waals surface area contributed by atoms with Crippen molar-refractivity contribution in [2.24, 2.45) is 0 Å². The normalized spacial score (nSPS) is 22.0. The third-order valence-corrected chi connectivity index (χ3v) is 6.54. The van der Waals surface area contributed by atoms with Crippen LogP contribution in [0.3, 0.4) is 0 Å². The maximum absolute atomic E-state index is 13.8. The van der Waals surface area contributed by atoms with E-state index < -0.39 is 17.8 Å². The van der Waals surface area contributed by atoms with E-state index in [1.165, 1.54) is 4.90 Å². The minimum absolute atomic E-state index is 0.347. The Morgan fingerprint density at radius 1 is 1.06 bits per heavy atom. The van der Waals surface area contributed by atoms with Gasteiger partial charge in [-0.1, -0.05) is 45.7 Å². The van der Waals surface area contributed by atoms with E-state index in [9.17, 15) is 9.59 Å². The second-order valence-electron chi connectivity index (χ2n) is 7.81. The lowest BCUT2D eigenvalue weighted by Gasteiger charge is -2.53. The number of rotatable bonds is 2. The fraction of sp³-hybridized carbons (Fsp3) is 0.167. The molecule has 2 atom stereocenters. The predicted molar refractivity (Wildman–Crippen MR) is 122 cm³/mol. The van der Waals surface area contributed by atoms with Gasteiger partial charge in [-0.25, -0.2) is 4.79 Å². The molecule has 5 nitrogen and oxygen atoms in total. The van der Waals surface area contributed by atoms with E-state index in [-0.39, 0.29) is 5.91 Å². The molecule has 1 fully saturated rings. The Kier molecular flexibility index (Phi) is 4.79. The summed E-state index contributed by atoms with van der Waals surface area (Å²) in [5.74, 6) is 0.321. The van der Waals surface area contributed by atoms with Crippen molar-refractivity contribution in [3.05, 3.63) is 93.4 Å². The molecular formula is C24H18BrClN2O3. The van der Waals surface area contributed by atoms with Crippen LogP contribution in [0, 0.1) is 0 Å². The van der Waals surface area contributed by atoms with Crippen molar-refractivity contribution in [1.29, 1.82) is 0 Å². The summed E-state index contributed by atoms with van der Waals surface area (Å²) in [5, 5.41) is 0.564. The van der Waals surface area contributed by atoms with Gasteiger partial charge in [-0.15, -0.1) is 0 Å². The number of ether oxygens (including phenoxy) is 1. The summed E-state index contributed by atoms with van der Waals surface area (Å²) in [6.45, 7) is 1.88. The van der Waals surface area contributed by atoms with Gasteiger partial charge in [-0.05, 0) is 61.5 Å². The molecule has 2 aliphatic heterocycles. The molecule has 0 spiro atoms. The molecule has 0 unspecified atom stereocenters. The highest BCUT2D eigenvalue weighted by Crippen LogP contribution is 2.49. The number of para-hydroxylation sites is 1. The predicted octanol–water partition coefficient (Wildman–Crippen LogP) is 6.42. The lowest BCUT2D eigenvalue weighted by Crippen LogP contribution is -2.67. The lowest BCUT2D eigenvalue weighted by molar-refractivity contribution is 0.00268. The molecule has 0 aliphatic carbocycles. The van der Waals surface area contributed by atoms with E-state index >= 15 is 0 Å². The molecule has 0 radical (unpaired) electrons. The van der Waals surface area contributed by atoms with Gasteiger partial charge in [0.25, 0.3) is 5.91 Å². The minimum Gasteiger partial charge on any atom is -0.467 e. The number of carbonyl (C=O) groups is 2. The van der Waals surface area contributed by atoms with Crippen molar-refractivity contribution in [2.75, 3.05) is 4.90 Å². The van der Waals surface area contributed by atoms with Crippen LogP contribution in [0.2, 0.25) is 5.02 Å². The Hall–Kier alpha value is -2.83. The van der Waals surface area contributed by atoms with E-state index in [0.717, 1.165) is 10.0 Å². The second-order valence-corrected chi connectivity index (χ2v) is 9.16. The molecule has 3 aromatic carbocycles. The first-order valence-corrected chi connectivity index (χ1v) is 11.0. The fourth-order valence-electron chi connectivity index (χ4n) is 4.34. The van der Waals surface area contributed by atoms with E-state index in [0.29, 0.717) is 28.4 Å². The summed E-state index contributed by atoms with van der Waals surface area (Å²) >= 11 is 9.45. The van der Waals surface area contributed by atoms with Crippen molar-refractivity contribution >= 4 is 45.2 Å². The fourth-order valence-corrected chi connectivity index (χ4v) is 4.73. The quantitative estimate of drug-likeness (QED) is 0.410. The van der Waals surface area contributed by atoms with E-state index in [4.69, 9.17) is 16.3 Å². The van der Waals surface area contributed by atoms with Crippen LogP contribution in [-0.2, 0) is 0 Å². The number of nitrogens with zero attached hydrogens (tertiary/aromatic N) is 2. The highest BCUT2D eigenvalue weighted by atomic mass is 79.9. The monoisotopic (exact) mass is 496 g/mol. The van der Waals surface area contributed by atoms with E-state index in [2.05, 4.69) is 15.9 Å². The molecule has 2 bridgehead atoms. The molecular weight excluding hydrogens is 480 g/mol. The molecule has 1 saturated heterocycles. The summed E-state index contributed by atoms with van der Waals surface area (Å²) in [5.41, 5.74) is 0.943. The number of benzene rings is 3. The smallest absolute Gasteiger partial charge is 0.335 e. The van der Waals surface area contributed by atoms with Gasteiger partial charge in [-0.2, -0.15) is 0 Å². The number of hydrogen-bond donors (Lipinski definition) is 0. The molecule has 0 N–H and O–H groups in total. The topological polar surface area (TPSA) is 49.9 Å². The zero-order chi connectivity index (χ0) is 21.8. The molecule has 7 heteroatoms. The van der Waals surface area contributed by atoms with Gasteiger partial charge in [0, 0.05) is 32.7 Å². The third kappa shape index (κ3) is 3.30. The van der Waals surface area contributed by atoms with Crippen LogP contribution < -0.4 is 9.64 Å². The number of hydrogen-bond acceptors (Lipinski definition) is 3. The Balaban J connectivity index is 1.66. The highest BCUT2D eigenvalue weighted by Gasteiger charge is 2.55. The Labute approximate surface area is 193 Å². The van der Waals surface area contributed by atoms with Crippen LogP contribution in [0.4, 0.5) is 10.5 Å². The third-order valence-electron chi connectivity index (χ3n) is 5.76. The Bertz CT molecular complexity index is 1180. The molecule has 156 valence electrons. The first kappa shape index (κ1) is 20.1. The van der Waals surface area contributed by atoms with Gasteiger partial charge in [0.1, 0.15) is 5.75 Å². The van der Waals surface area contributed by atoms with Crippen LogP contribution >= 0.6 is 27.5 Å². The summed E-state index contributed by atoms with van der Waals surface area (Å²) in [6.07, 6.45) is 0.445. The Morgan fingerprint density at radius 3 is 2.45 bits per heavy atom. The van der Waals surface area contributed by atoms with Crippen LogP contribution in [-0.4, -0.2) is 22.6 Å². The maximum Gasteiger partial charge on any atom is 0.335 e. The van der Waals surface area contributed by atoms with Gasteiger partial charge in [0.15, 0.2) is 5.72 Å². The van der Waals surface area contributed by atoms with Crippen molar-refractivity contribution in [3.8, 4) is 5.75 Å². The van der Waals surface area contributed by atoms with Gasteiger partial charge < -0.3 is 4.74 Å². The van der Waals surface area contributed by atoms with E-state index in [1.54, 1.807) is 53.4 Å². The average molecular weight is 498 g/mol. The zero-order valence-corrected chi connectivity index (χ0v) is 18.9. The molecule has 3 aromatic rings. The summed E-state index contributed by atoms with van der Waals surface area (Å²) < 4.78 is 7.20. The SMILES string of the molecule is C[C@@]12C[C@@H](c3ccccc3O1)N(C(=O)c1ccc(Br)cc1)C(=O)N2c1ccc(Cl)cc1. The van der Waals surface area contributed by atoms with Gasteiger partial charge in [-0.3, -0.25) is 14.6 Å². The number of carbonyl (C=O) groups excluding carboxylic acids is 2. The second kappa shape index (κ2) is 7.39. The number of halogens is 2. The number of urea groups is 1. The molecule has 0 aromatic heterocycles. The molecule has 2 heterocycles. The summed E-state index contributed by atoms with van der Waals surface area (Å²) in [4.78, 5) is 30.3. The first-order chi connectivity index (χ1) is 14.9. The number of imide groups is 1. The van der Waals surface area contributed by atoms with Crippen molar-refractivity contribution in [3.63, 3.8) is 0 Å². The lowest BCUT2D eigenvalue weighted by atomic mass is 9.88. The van der Waals surface area contributed by atoms with Crippen molar-refractivity contribution in [1.82, 2.24) is 4.90 Å². The van der Waals surface area contributed by atoms with Gasteiger partial charge in [0.2, 0.25) is 0 Å². The van der Waals surface area contributed by atoms with E-state index in [1.807, 2.05) is 31.2 Å². The standard InChI is InChI=1S/C24H18BrClN2O3/c1-24-14-20(19-4-2-3-5-21(19)31-24)27(22(29)15-6-8-16(25)9-7-15)23(30)28(24)18-12-10-17(26)11-13-18/h2-13,20H,14H2,1H3/t20-,24-/m0/s1. The van der Waals surface area contributed by atoms with Crippen LogP contribution in [0.25, 0.3) is 0 Å². The van der Waals surface area contributed by atoms with Crippen molar-refractivity contribution < 1.29 is 14.3 Å². The largest absolute Gasteiger partial charge is 0.467 e. The van der Waals surface area contributed by atoms with Crippen LogP contribution in [0.1, 0.15) is 35.3 Å². The molecule has 3 amide bonds.